The van der Waals surface area contributed by atoms with E-state index in [-0.39, 0.29) is 109 Å². The van der Waals surface area contributed by atoms with Crippen molar-refractivity contribution in [1.29, 1.82) is 0 Å². The maximum Gasteiger partial charge on any atom is 1.00 e. The van der Waals surface area contributed by atoms with Gasteiger partial charge in [-0.05, 0) is 6.42 Å². The average molecular weight is 321 g/mol. The molecule has 0 aromatic rings. The Hall–Kier alpha value is 2.21. The van der Waals surface area contributed by atoms with Crippen LogP contribution in [0.5, 0.6) is 0 Å². The molecule has 0 unspecified atom stereocenters. The van der Waals surface area contributed by atoms with Crippen LogP contribution in [0.1, 0.15) is 64.7 Å². The predicted octanol–water partition coefficient (Wildman–Crippen LogP) is -5.36. The van der Waals surface area contributed by atoms with Crippen molar-refractivity contribution >= 4 is 11.9 Å². The van der Waals surface area contributed by atoms with Gasteiger partial charge in [0.1, 0.15) is 0 Å². The largest absolute Gasteiger partial charge is 1.00 e. The Kier molecular flexibility index (Phi) is 25.1. The van der Waals surface area contributed by atoms with Gasteiger partial charge in [0.05, 0.1) is 11.9 Å². The summed E-state index contributed by atoms with van der Waals surface area (Å²) in [5.74, 6) is -4.52. The Bertz CT molecular complexity index is 221. The van der Waals surface area contributed by atoms with Gasteiger partial charge in [0, 0.05) is 5.92 Å². The van der Waals surface area contributed by atoms with Crippen LogP contribution in [0, 0.1) is 5.92 Å². The Labute approximate surface area is 201 Å². The summed E-state index contributed by atoms with van der Waals surface area (Å²) >= 11 is 0. The van der Waals surface area contributed by atoms with E-state index in [0.29, 0.717) is 6.42 Å². The molecule has 0 saturated carbocycles. The summed E-state index contributed by atoms with van der Waals surface area (Å²) in [6, 6.07) is 0. The van der Waals surface area contributed by atoms with Crippen LogP contribution in [0.2, 0.25) is 0 Å². The van der Waals surface area contributed by atoms with Crippen LogP contribution in [0.25, 0.3) is 0 Å². The second kappa shape index (κ2) is 18.3. The van der Waals surface area contributed by atoms with Gasteiger partial charge < -0.3 is 19.8 Å². The van der Waals surface area contributed by atoms with Gasteiger partial charge in [-0.2, -0.15) is 0 Å². The van der Waals surface area contributed by atoms with E-state index in [4.69, 9.17) is 0 Å². The van der Waals surface area contributed by atoms with Crippen molar-refractivity contribution in [3.8, 4) is 0 Å². The zero-order chi connectivity index (χ0) is 13.1. The maximum absolute atomic E-state index is 10.4. The predicted molar refractivity (Wildman–Crippen MR) is 60.7 cm³/mol. The first kappa shape index (κ1) is 26.1. The first-order valence-corrected chi connectivity index (χ1v) is 6.51. The molecule has 0 aliphatic heterocycles. The van der Waals surface area contributed by atoms with E-state index >= 15 is 0 Å². The Morgan fingerprint density at radius 1 is 0.789 bits per heavy atom. The number of unbranched alkanes of at least 4 members (excludes halogenated alkanes) is 7. The van der Waals surface area contributed by atoms with Crippen molar-refractivity contribution in [3.63, 3.8) is 0 Å². The molecule has 0 aromatic heterocycles. The molecule has 100 valence electrons. The molecule has 6 heteroatoms. The van der Waals surface area contributed by atoms with Crippen molar-refractivity contribution in [1.82, 2.24) is 0 Å². The van der Waals surface area contributed by atoms with E-state index in [1.54, 1.807) is 0 Å². The monoisotopic (exact) mass is 320 g/mol. The minimum Gasteiger partial charge on any atom is -0.549 e. The molecule has 0 spiro atoms. The van der Waals surface area contributed by atoms with Crippen LogP contribution in [0.3, 0.4) is 0 Å². The molecule has 0 heterocycles. The van der Waals surface area contributed by atoms with Gasteiger partial charge in [-0.1, -0.05) is 58.3 Å². The van der Waals surface area contributed by atoms with Gasteiger partial charge in [0.2, 0.25) is 0 Å². The Balaban J connectivity index is -0.00000128. The molecule has 0 saturated heterocycles. The van der Waals surface area contributed by atoms with Crippen LogP contribution in [0.15, 0.2) is 0 Å². The summed E-state index contributed by atoms with van der Waals surface area (Å²) in [5, 5.41) is 20.9. The van der Waals surface area contributed by atoms with Crippen LogP contribution < -0.4 is 113 Å². The standard InChI is InChI=1S/C13H24O4.2K/c1-2-3-4-5-6-7-8-9-10-11(12(14)15)13(16)17;;/h11H,2-10H2,1H3,(H,14,15)(H,16,17);;/q;2*+1/p-2. The smallest absolute Gasteiger partial charge is 0.549 e. The summed E-state index contributed by atoms with van der Waals surface area (Å²) in [6.45, 7) is 2.17. The molecule has 0 radical (unpaired) electrons. The zero-order valence-corrected chi connectivity index (χ0v) is 18.8. The normalized spacial score (nSPS) is 9.58. The zero-order valence-electron chi connectivity index (χ0n) is 12.6. The fourth-order valence-electron chi connectivity index (χ4n) is 1.81. The van der Waals surface area contributed by atoms with Crippen molar-refractivity contribution in [3.05, 3.63) is 0 Å². The molecule has 0 atom stereocenters. The number of carbonyl (C=O) groups excluding carboxylic acids is 2. The van der Waals surface area contributed by atoms with Gasteiger partial charge in [0.15, 0.2) is 0 Å². The molecule has 0 rings (SSSR count). The molecular formula is C13H22K2O4. The topological polar surface area (TPSA) is 80.3 Å². The van der Waals surface area contributed by atoms with Crippen molar-refractivity contribution in [2.75, 3.05) is 0 Å². The third-order valence-electron chi connectivity index (χ3n) is 2.92. The molecule has 0 amide bonds. The van der Waals surface area contributed by atoms with Crippen LogP contribution in [-0.4, -0.2) is 11.9 Å². The minimum atomic E-state index is -1.53. The van der Waals surface area contributed by atoms with Crippen LogP contribution in [0.4, 0.5) is 0 Å². The summed E-state index contributed by atoms with van der Waals surface area (Å²) < 4.78 is 0. The Morgan fingerprint density at radius 3 is 1.53 bits per heavy atom. The van der Waals surface area contributed by atoms with E-state index in [9.17, 15) is 19.8 Å². The fourth-order valence-corrected chi connectivity index (χ4v) is 1.81. The van der Waals surface area contributed by atoms with E-state index < -0.39 is 17.9 Å². The molecule has 0 aromatic carbocycles. The second-order valence-electron chi connectivity index (χ2n) is 4.45. The van der Waals surface area contributed by atoms with Crippen LogP contribution >= 0.6 is 0 Å². The number of carboxylic acids is 2. The summed E-state index contributed by atoms with van der Waals surface area (Å²) in [5.41, 5.74) is 0. The number of hydrogen-bond donors (Lipinski definition) is 0. The average Bonchev–Trinajstić information content (AvgIpc) is 2.26. The summed E-state index contributed by atoms with van der Waals surface area (Å²) in [4.78, 5) is 20.9. The molecular weight excluding hydrogens is 298 g/mol. The third kappa shape index (κ3) is 16.4. The summed E-state index contributed by atoms with van der Waals surface area (Å²) in [6.07, 6.45) is 8.73. The number of carbonyl (C=O) groups is 2. The first-order valence-electron chi connectivity index (χ1n) is 6.51. The number of carboxylic acid groups (broad SMARTS) is 2. The number of hydrogen-bond acceptors (Lipinski definition) is 4. The van der Waals surface area contributed by atoms with E-state index in [1.807, 2.05) is 0 Å². The molecule has 4 nitrogen and oxygen atoms in total. The molecule has 19 heavy (non-hydrogen) atoms. The first-order chi connectivity index (χ1) is 8.09. The summed E-state index contributed by atoms with van der Waals surface area (Å²) in [7, 11) is 0. The number of rotatable bonds is 11. The molecule has 0 aliphatic rings. The van der Waals surface area contributed by atoms with Gasteiger partial charge in [-0.25, -0.2) is 0 Å². The third-order valence-corrected chi connectivity index (χ3v) is 2.92. The second-order valence-corrected chi connectivity index (χ2v) is 4.45. The molecule has 0 fully saturated rings. The van der Waals surface area contributed by atoms with Crippen molar-refractivity contribution < 1.29 is 123 Å². The minimum absolute atomic E-state index is 0. The van der Waals surface area contributed by atoms with Gasteiger partial charge >= 0.3 is 103 Å². The maximum atomic E-state index is 10.4. The van der Waals surface area contributed by atoms with E-state index in [2.05, 4.69) is 6.92 Å². The fraction of sp³-hybridized carbons (Fsp3) is 0.846. The molecule has 0 bridgehead atoms. The molecule has 0 aliphatic carbocycles. The Morgan fingerprint density at radius 2 is 1.16 bits per heavy atom. The van der Waals surface area contributed by atoms with Crippen molar-refractivity contribution in [2.24, 2.45) is 5.92 Å². The van der Waals surface area contributed by atoms with Gasteiger partial charge in [-0.3, -0.25) is 0 Å². The van der Waals surface area contributed by atoms with Gasteiger partial charge in [0.25, 0.3) is 0 Å². The van der Waals surface area contributed by atoms with E-state index in [1.165, 1.54) is 25.7 Å². The quantitative estimate of drug-likeness (QED) is 0.216. The SMILES string of the molecule is CCCCCCCCCCC(C(=O)[O-])C(=O)[O-].[K+].[K+]. The van der Waals surface area contributed by atoms with Crippen LogP contribution in [-0.2, 0) is 9.59 Å². The number of aliphatic carboxylic acids is 2. The molecule has 0 N–H and O–H groups in total. The van der Waals surface area contributed by atoms with E-state index in [0.717, 1.165) is 19.3 Å². The van der Waals surface area contributed by atoms with Crippen molar-refractivity contribution in [2.45, 2.75) is 64.7 Å². The van der Waals surface area contributed by atoms with Gasteiger partial charge in [-0.15, -0.1) is 0 Å².